The van der Waals surface area contributed by atoms with Gasteiger partial charge < -0.3 is 4.74 Å². The lowest BCUT2D eigenvalue weighted by atomic mass is 10.2. The van der Waals surface area contributed by atoms with Gasteiger partial charge in [-0.15, -0.1) is 0 Å². The van der Waals surface area contributed by atoms with Gasteiger partial charge in [0.1, 0.15) is 6.33 Å². The molecule has 0 aliphatic heterocycles. The van der Waals surface area contributed by atoms with Crippen LogP contribution in [0.25, 0.3) is 16.9 Å². The van der Waals surface area contributed by atoms with E-state index in [1.165, 1.54) is 11.5 Å². The Bertz CT molecular complexity index is 764. The summed E-state index contributed by atoms with van der Waals surface area (Å²) in [6.07, 6.45) is 3.34. The number of aryl methyl sites for hydroxylation is 1. The summed E-state index contributed by atoms with van der Waals surface area (Å²) in [6, 6.07) is 1.94. The molecule has 0 saturated carbocycles. The van der Waals surface area contributed by atoms with E-state index in [1.807, 2.05) is 18.4 Å². The first-order valence-electron chi connectivity index (χ1n) is 6.12. The summed E-state index contributed by atoms with van der Waals surface area (Å²) < 4.78 is 10.8. The van der Waals surface area contributed by atoms with Crippen LogP contribution in [-0.4, -0.2) is 31.3 Å². The molecule has 0 atom stereocenters. The second kappa shape index (κ2) is 5.01. The van der Waals surface area contributed by atoms with Gasteiger partial charge in [0.2, 0.25) is 0 Å². The topological polar surface area (TPSA) is 69.4 Å². The summed E-state index contributed by atoms with van der Waals surface area (Å²) in [5.74, 6) is -0.456. The molecule has 3 heterocycles. The van der Waals surface area contributed by atoms with E-state index in [4.69, 9.17) is 4.74 Å². The fraction of sp³-hybridized carbons (Fsp3) is 0.231. The van der Waals surface area contributed by atoms with Crippen LogP contribution in [0.1, 0.15) is 23.1 Å². The first-order chi connectivity index (χ1) is 9.70. The maximum Gasteiger partial charge on any atom is 0.360 e. The number of esters is 1. The van der Waals surface area contributed by atoms with Crippen LogP contribution in [0.4, 0.5) is 0 Å². The van der Waals surface area contributed by atoms with E-state index < -0.39 is 5.97 Å². The minimum atomic E-state index is -0.456. The van der Waals surface area contributed by atoms with Crippen LogP contribution in [0.3, 0.4) is 0 Å². The van der Waals surface area contributed by atoms with Crippen molar-refractivity contribution < 1.29 is 9.53 Å². The molecular weight excluding hydrogens is 276 g/mol. The van der Waals surface area contributed by atoms with E-state index in [1.54, 1.807) is 23.8 Å². The third-order valence-electron chi connectivity index (χ3n) is 2.89. The van der Waals surface area contributed by atoms with E-state index in [9.17, 15) is 4.79 Å². The molecule has 0 saturated heterocycles. The largest absolute Gasteiger partial charge is 0.461 e. The van der Waals surface area contributed by atoms with Gasteiger partial charge in [0, 0.05) is 16.6 Å². The van der Waals surface area contributed by atoms with Gasteiger partial charge in [-0.05, 0) is 31.4 Å². The van der Waals surface area contributed by atoms with Gasteiger partial charge in [-0.1, -0.05) is 0 Å². The van der Waals surface area contributed by atoms with Gasteiger partial charge in [0.05, 0.1) is 18.5 Å². The molecule has 0 aliphatic rings. The van der Waals surface area contributed by atoms with Gasteiger partial charge >= 0.3 is 5.97 Å². The average molecular weight is 288 g/mol. The van der Waals surface area contributed by atoms with Crippen molar-refractivity contribution in [2.45, 2.75) is 13.8 Å². The lowest BCUT2D eigenvalue weighted by Gasteiger charge is -2.04. The van der Waals surface area contributed by atoms with E-state index in [-0.39, 0.29) is 5.69 Å². The minimum Gasteiger partial charge on any atom is -0.461 e. The Morgan fingerprint density at radius 2 is 2.35 bits per heavy atom. The van der Waals surface area contributed by atoms with Crippen molar-refractivity contribution in [3.63, 3.8) is 0 Å². The summed E-state index contributed by atoms with van der Waals surface area (Å²) in [5.41, 5.74) is 3.38. The van der Waals surface area contributed by atoms with Gasteiger partial charge in [-0.2, -0.15) is 0 Å². The summed E-state index contributed by atoms with van der Waals surface area (Å²) in [5, 5.41) is 1.92. The standard InChI is InChI=1S/C13H12N4O2S/c1-3-19-13(18)11-12-16-10(9-5-15-20-6-9)4-8(2)17(12)7-14-11/h4-7H,3H2,1-2H3. The SMILES string of the molecule is CCOC(=O)c1ncn2c(C)cc(-c3cnsc3)nc12. The van der Waals surface area contributed by atoms with Crippen LogP contribution >= 0.6 is 11.5 Å². The van der Waals surface area contributed by atoms with Gasteiger partial charge in [0.15, 0.2) is 11.3 Å². The van der Waals surface area contributed by atoms with Crippen molar-refractivity contribution in [3.05, 3.63) is 35.4 Å². The highest BCUT2D eigenvalue weighted by molar-refractivity contribution is 7.03. The molecule has 7 heteroatoms. The maximum absolute atomic E-state index is 11.9. The Morgan fingerprint density at radius 1 is 1.50 bits per heavy atom. The number of rotatable bonds is 3. The molecule has 20 heavy (non-hydrogen) atoms. The first-order valence-corrected chi connectivity index (χ1v) is 6.96. The second-order valence-electron chi connectivity index (χ2n) is 4.20. The van der Waals surface area contributed by atoms with Crippen molar-refractivity contribution >= 4 is 23.1 Å². The smallest absolute Gasteiger partial charge is 0.360 e. The molecule has 0 spiro atoms. The highest BCUT2D eigenvalue weighted by Gasteiger charge is 2.18. The summed E-state index contributed by atoms with van der Waals surface area (Å²) in [6.45, 7) is 4.01. The highest BCUT2D eigenvalue weighted by Crippen LogP contribution is 2.22. The summed E-state index contributed by atoms with van der Waals surface area (Å²) in [7, 11) is 0. The van der Waals surface area contributed by atoms with E-state index in [0.717, 1.165) is 17.0 Å². The van der Waals surface area contributed by atoms with Crippen LogP contribution in [0.2, 0.25) is 0 Å². The molecule has 102 valence electrons. The number of nitrogens with zero attached hydrogens (tertiary/aromatic N) is 4. The molecule has 3 aromatic rings. The zero-order chi connectivity index (χ0) is 14.1. The monoisotopic (exact) mass is 288 g/mol. The summed E-state index contributed by atoms with van der Waals surface area (Å²) >= 11 is 1.36. The minimum absolute atomic E-state index is 0.236. The predicted molar refractivity (Wildman–Crippen MR) is 74.8 cm³/mol. The van der Waals surface area contributed by atoms with E-state index >= 15 is 0 Å². The molecule has 0 fully saturated rings. The predicted octanol–water partition coefficient (Wildman–Crippen LogP) is 2.34. The Labute approximate surface area is 119 Å². The Kier molecular flexibility index (Phi) is 3.19. The number of ether oxygens (including phenoxy) is 1. The number of hydrogen-bond acceptors (Lipinski definition) is 6. The maximum atomic E-state index is 11.9. The molecule has 3 rings (SSSR count). The molecule has 0 bridgehead atoms. The second-order valence-corrected chi connectivity index (χ2v) is 4.86. The highest BCUT2D eigenvalue weighted by atomic mass is 32.1. The normalized spacial score (nSPS) is 10.9. The third kappa shape index (κ3) is 2.05. The van der Waals surface area contributed by atoms with Crippen molar-refractivity contribution in [1.82, 2.24) is 18.7 Å². The van der Waals surface area contributed by atoms with Crippen LogP contribution in [-0.2, 0) is 4.74 Å². The fourth-order valence-corrected chi connectivity index (χ4v) is 2.47. The molecule has 0 N–H and O–H groups in total. The quantitative estimate of drug-likeness (QED) is 0.692. The van der Waals surface area contributed by atoms with Gasteiger partial charge in [-0.3, -0.25) is 4.40 Å². The number of fused-ring (bicyclic) bond motifs is 1. The number of hydrogen-bond donors (Lipinski definition) is 0. The van der Waals surface area contributed by atoms with Crippen molar-refractivity contribution in [1.29, 1.82) is 0 Å². The Hall–Kier alpha value is -2.28. The number of carbonyl (C=O) groups excluding carboxylic acids is 1. The van der Waals surface area contributed by atoms with Crippen LogP contribution in [0.5, 0.6) is 0 Å². The zero-order valence-corrected chi connectivity index (χ0v) is 11.8. The third-order valence-corrected chi connectivity index (χ3v) is 3.48. The summed E-state index contributed by atoms with van der Waals surface area (Å²) in [4.78, 5) is 20.5. The fourth-order valence-electron chi connectivity index (χ4n) is 1.94. The van der Waals surface area contributed by atoms with Crippen LogP contribution < -0.4 is 0 Å². The van der Waals surface area contributed by atoms with Crippen molar-refractivity contribution in [3.8, 4) is 11.3 Å². The van der Waals surface area contributed by atoms with Crippen LogP contribution in [0, 0.1) is 6.92 Å². The Morgan fingerprint density at radius 3 is 3.05 bits per heavy atom. The molecule has 0 radical (unpaired) electrons. The Balaban J connectivity index is 2.18. The van der Waals surface area contributed by atoms with Gasteiger partial charge in [-0.25, -0.2) is 19.1 Å². The molecular formula is C13H12N4O2S. The van der Waals surface area contributed by atoms with Crippen molar-refractivity contribution in [2.24, 2.45) is 0 Å². The lowest BCUT2D eigenvalue weighted by Crippen LogP contribution is -2.07. The number of aromatic nitrogens is 4. The van der Waals surface area contributed by atoms with E-state index in [0.29, 0.717) is 12.3 Å². The van der Waals surface area contributed by atoms with Crippen molar-refractivity contribution in [2.75, 3.05) is 6.61 Å². The number of carbonyl (C=O) groups is 1. The lowest BCUT2D eigenvalue weighted by molar-refractivity contribution is 0.0522. The number of imidazole rings is 1. The van der Waals surface area contributed by atoms with Gasteiger partial charge in [0.25, 0.3) is 0 Å². The molecule has 0 aromatic carbocycles. The van der Waals surface area contributed by atoms with Crippen LogP contribution in [0.15, 0.2) is 24.0 Å². The van der Waals surface area contributed by atoms with E-state index in [2.05, 4.69) is 14.3 Å². The molecule has 0 amide bonds. The molecule has 0 unspecified atom stereocenters. The molecule has 6 nitrogen and oxygen atoms in total. The first kappa shape index (κ1) is 12.7. The molecule has 0 aliphatic carbocycles. The average Bonchev–Trinajstić information content (AvgIpc) is 3.08. The zero-order valence-electron chi connectivity index (χ0n) is 11.0. The molecule has 3 aromatic heterocycles.